The van der Waals surface area contributed by atoms with Gasteiger partial charge in [-0.15, -0.1) is 0 Å². The Kier molecular flexibility index (Phi) is 3.05. The quantitative estimate of drug-likeness (QED) is 0.682. The summed E-state index contributed by atoms with van der Waals surface area (Å²) in [5.41, 5.74) is 0.706. The van der Waals surface area contributed by atoms with E-state index in [1.165, 1.54) is 6.20 Å². The van der Waals surface area contributed by atoms with Crippen molar-refractivity contribution in [2.24, 2.45) is 0 Å². The van der Waals surface area contributed by atoms with Crippen molar-refractivity contribution in [3.8, 4) is 5.75 Å². The van der Waals surface area contributed by atoms with E-state index in [1.807, 2.05) is 60.7 Å². The number of hydrogen-bond donors (Lipinski definition) is 3. The summed E-state index contributed by atoms with van der Waals surface area (Å²) in [6.07, 6.45) is 1.46. The van der Waals surface area contributed by atoms with Crippen LogP contribution < -0.4 is 0 Å². The smallest absolute Gasteiger partial charge is 0.155 e. The molecule has 0 aliphatic carbocycles. The van der Waals surface area contributed by atoms with Gasteiger partial charge in [0, 0.05) is 12.3 Å². The molecule has 0 aliphatic rings. The Morgan fingerprint density at radius 2 is 1.30 bits per heavy atom. The maximum Gasteiger partial charge on any atom is 0.155 e. The van der Waals surface area contributed by atoms with Gasteiger partial charge in [-0.3, -0.25) is 0 Å². The lowest BCUT2D eigenvalue weighted by Crippen LogP contribution is -2.29. The van der Waals surface area contributed by atoms with Gasteiger partial charge in [0.25, 0.3) is 0 Å². The first-order chi connectivity index (χ1) is 9.71. The van der Waals surface area contributed by atoms with E-state index in [0.717, 1.165) is 11.1 Å². The fraction of sp³-hybridized carbons (Fsp3) is 0.0588. The predicted octanol–water partition coefficient (Wildman–Crippen LogP) is 3.00. The van der Waals surface area contributed by atoms with Crippen LogP contribution in [0.4, 0.5) is 0 Å². The van der Waals surface area contributed by atoms with Gasteiger partial charge in [-0.2, -0.15) is 0 Å². The van der Waals surface area contributed by atoms with E-state index in [2.05, 4.69) is 4.98 Å². The maximum absolute atomic E-state index is 11.3. The Labute approximate surface area is 117 Å². The third-order valence-corrected chi connectivity index (χ3v) is 3.44. The largest absolute Gasteiger partial charge is 0.506 e. The molecular formula is C17H15NO2. The van der Waals surface area contributed by atoms with E-state index in [1.54, 1.807) is 6.07 Å². The van der Waals surface area contributed by atoms with Gasteiger partial charge in [0.05, 0.1) is 5.69 Å². The number of rotatable bonds is 3. The molecule has 0 atom stereocenters. The van der Waals surface area contributed by atoms with E-state index < -0.39 is 5.60 Å². The molecule has 0 bridgehead atoms. The molecule has 3 aromatic rings. The first-order valence-electron chi connectivity index (χ1n) is 6.42. The van der Waals surface area contributed by atoms with Crippen LogP contribution in [0.25, 0.3) is 0 Å². The van der Waals surface area contributed by atoms with Crippen LogP contribution in [0.15, 0.2) is 72.9 Å². The lowest BCUT2D eigenvalue weighted by atomic mass is 9.83. The molecule has 0 radical (unpaired) electrons. The van der Waals surface area contributed by atoms with Crippen molar-refractivity contribution in [3.63, 3.8) is 0 Å². The monoisotopic (exact) mass is 265 g/mol. The normalized spacial score (nSPS) is 11.4. The van der Waals surface area contributed by atoms with E-state index in [4.69, 9.17) is 0 Å². The van der Waals surface area contributed by atoms with Crippen LogP contribution >= 0.6 is 0 Å². The van der Waals surface area contributed by atoms with Crippen molar-refractivity contribution in [3.05, 3.63) is 89.7 Å². The number of benzene rings is 2. The van der Waals surface area contributed by atoms with Crippen molar-refractivity contribution in [1.29, 1.82) is 0 Å². The van der Waals surface area contributed by atoms with Crippen molar-refractivity contribution >= 4 is 0 Å². The van der Waals surface area contributed by atoms with Crippen LogP contribution in [0.5, 0.6) is 5.75 Å². The van der Waals surface area contributed by atoms with Crippen LogP contribution in [0.1, 0.15) is 16.8 Å². The summed E-state index contributed by atoms with van der Waals surface area (Å²) >= 11 is 0. The van der Waals surface area contributed by atoms with Gasteiger partial charge >= 0.3 is 0 Å². The molecule has 2 aromatic carbocycles. The van der Waals surface area contributed by atoms with Crippen molar-refractivity contribution in [2.45, 2.75) is 5.60 Å². The number of aromatic hydroxyl groups is 1. The molecule has 0 amide bonds. The molecule has 1 heterocycles. The number of aromatic amines is 1. The van der Waals surface area contributed by atoms with Gasteiger partial charge in [-0.1, -0.05) is 60.7 Å². The summed E-state index contributed by atoms with van der Waals surface area (Å²) in [4.78, 5) is 2.94. The Hall–Kier alpha value is -2.52. The summed E-state index contributed by atoms with van der Waals surface area (Å²) in [5.74, 6) is 0.102. The lowest BCUT2D eigenvalue weighted by Gasteiger charge is -2.28. The zero-order valence-electron chi connectivity index (χ0n) is 10.8. The zero-order chi connectivity index (χ0) is 14.0. The molecule has 100 valence electrons. The SMILES string of the molecule is Oc1c[nH]c(C(O)(c2ccccc2)c2ccccc2)c1. The predicted molar refractivity (Wildman–Crippen MR) is 77.4 cm³/mol. The van der Waals surface area contributed by atoms with Gasteiger partial charge in [0.2, 0.25) is 0 Å². The summed E-state index contributed by atoms with van der Waals surface area (Å²) in [5, 5.41) is 20.9. The molecule has 0 saturated heterocycles. The number of aliphatic hydroxyl groups is 1. The molecule has 1 aromatic heterocycles. The molecule has 0 spiro atoms. The number of hydrogen-bond acceptors (Lipinski definition) is 2. The minimum Gasteiger partial charge on any atom is -0.506 e. The van der Waals surface area contributed by atoms with Gasteiger partial charge in [-0.25, -0.2) is 0 Å². The van der Waals surface area contributed by atoms with Gasteiger partial charge in [0.15, 0.2) is 5.60 Å². The van der Waals surface area contributed by atoms with Crippen LogP contribution in [-0.4, -0.2) is 15.2 Å². The molecule has 0 unspecified atom stereocenters. The summed E-state index contributed by atoms with van der Waals surface area (Å²) in [6, 6.07) is 20.3. The average molecular weight is 265 g/mol. The molecule has 3 heteroatoms. The summed E-state index contributed by atoms with van der Waals surface area (Å²) < 4.78 is 0. The van der Waals surface area contributed by atoms with Crippen LogP contribution in [-0.2, 0) is 5.60 Å². The second-order valence-electron chi connectivity index (χ2n) is 4.71. The highest BCUT2D eigenvalue weighted by molar-refractivity contribution is 5.46. The minimum atomic E-state index is -1.32. The highest BCUT2D eigenvalue weighted by atomic mass is 16.3. The topological polar surface area (TPSA) is 56.2 Å². The molecule has 3 N–H and O–H groups in total. The van der Waals surface area contributed by atoms with E-state index in [0.29, 0.717) is 5.69 Å². The van der Waals surface area contributed by atoms with Gasteiger partial charge in [-0.05, 0) is 11.1 Å². The van der Waals surface area contributed by atoms with Gasteiger partial charge < -0.3 is 15.2 Å². The van der Waals surface area contributed by atoms with Crippen molar-refractivity contribution in [2.75, 3.05) is 0 Å². The first-order valence-corrected chi connectivity index (χ1v) is 6.42. The maximum atomic E-state index is 11.3. The molecule has 3 nitrogen and oxygen atoms in total. The fourth-order valence-electron chi connectivity index (χ4n) is 2.43. The molecule has 3 rings (SSSR count). The zero-order valence-corrected chi connectivity index (χ0v) is 10.8. The van der Waals surface area contributed by atoms with Gasteiger partial charge in [0.1, 0.15) is 5.75 Å². The van der Waals surface area contributed by atoms with Crippen LogP contribution in [0.2, 0.25) is 0 Å². The number of H-pyrrole nitrogens is 1. The first kappa shape index (κ1) is 12.5. The minimum absolute atomic E-state index is 0.102. The lowest BCUT2D eigenvalue weighted by molar-refractivity contribution is 0.121. The van der Waals surface area contributed by atoms with Crippen LogP contribution in [0, 0.1) is 0 Å². The van der Waals surface area contributed by atoms with E-state index in [9.17, 15) is 10.2 Å². The second-order valence-corrected chi connectivity index (χ2v) is 4.71. The summed E-state index contributed by atoms with van der Waals surface area (Å²) in [6.45, 7) is 0. The standard InChI is InChI=1S/C17H15NO2/c19-15-11-16(18-12-15)17(20,13-7-3-1-4-8-13)14-9-5-2-6-10-14/h1-12,18-20H. The molecule has 20 heavy (non-hydrogen) atoms. The number of nitrogens with one attached hydrogen (secondary N) is 1. The van der Waals surface area contributed by atoms with E-state index >= 15 is 0 Å². The Balaban J connectivity index is 2.23. The third kappa shape index (κ3) is 1.98. The van der Waals surface area contributed by atoms with E-state index in [-0.39, 0.29) is 5.75 Å². The highest BCUT2D eigenvalue weighted by Crippen LogP contribution is 2.36. The highest BCUT2D eigenvalue weighted by Gasteiger charge is 2.35. The summed E-state index contributed by atoms with van der Waals surface area (Å²) in [7, 11) is 0. The molecule has 0 fully saturated rings. The molecule has 0 aliphatic heterocycles. The number of aromatic nitrogens is 1. The molecular weight excluding hydrogens is 250 g/mol. The van der Waals surface area contributed by atoms with Crippen molar-refractivity contribution in [1.82, 2.24) is 4.98 Å². The molecule has 0 saturated carbocycles. The Morgan fingerprint density at radius 1 is 0.800 bits per heavy atom. The van der Waals surface area contributed by atoms with Crippen LogP contribution in [0.3, 0.4) is 0 Å². The fourth-order valence-corrected chi connectivity index (χ4v) is 2.43. The third-order valence-electron chi connectivity index (χ3n) is 3.44. The average Bonchev–Trinajstić information content (AvgIpc) is 2.95. The van der Waals surface area contributed by atoms with Crippen molar-refractivity contribution < 1.29 is 10.2 Å². The second kappa shape index (κ2) is 4.87. The Bertz CT molecular complexity index is 650. The Morgan fingerprint density at radius 3 is 1.70 bits per heavy atom.